The molecule has 4 aromatic rings. The zero-order chi connectivity index (χ0) is 18.6. The number of amides is 1. The van der Waals surface area contributed by atoms with Crippen LogP contribution in [0.4, 0.5) is 5.69 Å². The van der Waals surface area contributed by atoms with Crippen LogP contribution in [-0.4, -0.2) is 25.9 Å². The van der Waals surface area contributed by atoms with E-state index in [-0.39, 0.29) is 11.2 Å². The molecule has 0 radical (unpaired) electrons. The van der Waals surface area contributed by atoms with Crippen LogP contribution in [0.3, 0.4) is 0 Å². The lowest BCUT2D eigenvalue weighted by Gasteiger charge is -2.12. The van der Waals surface area contributed by atoms with Crippen LogP contribution in [0.15, 0.2) is 76.8 Å². The second-order valence-electron chi connectivity index (χ2n) is 6.13. The van der Waals surface area contributed by atoms with Gasteiger partial charge in [0.15, 0.2) is 5.16 Å². The van der Waals surface area contributed by atoms with E-state index in [0.29, 0.717) is 11.7 Å². The predicted octanol–water partition coefficient (Wildman–Crippen LogP) is 4.19. The minimum Gasteiger partial charge on any atom is -0.467 e. The quantitative estimate of drug-likeness (QED) is 0.509. The first kappa shape index (κ1) is 17.4. The van der Waals surface area contributed by atoms with E-state index in [0.717, 1.165) is 22.2 Å². The number of hydrogen-bond acceptors (Lipinski definition) is 5. The normalized spacial score (nSPS) is 12.2. The van der Waals surface area contributed by atoms with Gasteiger partial charge in [0.1, 0.15) is 12.1 Å². The highest BCUT2D eigenvalue weighted by Crippen LogP contribution is 2.24. The molecule has 4 rings (SSSR count). The van der Waals surface area contributed by atoms with Crippen LogP contribution in [0, 0.1) is 0 Å². The van der Waals surface area contributed by atoms with E-state index in [2.05, 4.69) is 15.5 Å². The maximum absolute atomic E-state index is 12.6. The van der Waals surface area contributed by atoms with E-state index in [1.165, 1.54) is 11.8 Å². The van der Waals surface area contributed by atoms with Crippen molar-refractivity contribution >= 4 is 34.1 Å². The summed E-state index contributed by atoms with van der Waals surface area (Å²) in [5.74, 6) is 0.729. The molecule has 1 unspecified atom stereocenters. The summed E-state index contributed by atoms with van der Waals surface area (Å²) in [5.41, 5.74) is 0.781. The Morgan fingerprint density at radius 3 is 2.85 bits per heavy atom. The molecule has 0 bridgehead atoms. The molecule has 2 heterocycles. The van der Waals surface area contributed by atoms with Crippen molar-refractivity contribution in [1.82, 2.24) is 14.8 Å². The maximum atomic E-state index is 12.6. The van der Waals surface area contributed by atoms with Crippen LogP contribution in [-0.2, 0) is 11.3 Å². The highest BCUT2D eigenvalue weighted by Gasteiger charge is 2.18. The summed E-state index contributed by atoms with van der Waals surface area (Å²) in [6.45, 7) is 2.38. The Balaban J connectivity index is 1.42. The Morgan fingerprint density at radius 1 is 1.19 bits per heavy atom. The van der Waals surface area contributed by atoms with Crippen molar-refractivity contribution in [3.8, 4) is 0 Å². The lowest BCUT2D eigenvalue weighted by Crippen LogP contribution is -2.23. The van der Waals surface area contributed by atoms with Gasteiger partial charge in [-0.05, 0) is 42.0 Å². The molecule has 1 amide bonds. The topological polar surface area (TPSA) is 73.0 Å². The predicted molar refractivity (Wildman–Crippen MR) is 106 cm³/mol. The molecule has 1 atom stereocenters. The number of nitrogens with one attached hydrogen (secondary N) is 1. The van der Waals surface area contributed by atoms with E-state index >= 15 is 0 Å². The summed E-state index contributed by atoms with van der Waals surface area (Å²) >= 11 is 1.37. The van der Waals surface area contributed by atoms with Gasteiger partial charge in [-0.2, -0.15) is 0 Å². The molecule has 0 aliphatic carbocycles. The van der Waals surface area contributed by atoms with Crippen molar-refractivity contribution in [1.29, 1.82) is 0 Å². The van der Waals surface area contributed by atoms with Gasteiger partial charge in [-0.15, -0.1) is 10.2 Å². The van der Waals surface area contributed by atoms with E-state index < -0.39 is 0 Å². The fourth-order valence-electron chi connectivity index (χ4n) is 2.74. The molecule has 7 heteroatoms. The van der Waals surface area contributed by atoms with Gasteiger partial charge in [-0.25, -0.2) is 0 Å². The average Bonchev–Trinajstić information content (AvgIpc) is 3.34. The third kappa shape index (κ3) is 4.03. The van der Waals surface area contributed by atoms with Crippen LogP contribution in [0.2, 0.25) is 0 Å². The molecular weight excluding hydrogens is 360 g/mol. The molecule has 136 valence electrons. The molecule has 0 aliphatic heterocycles. The van der Waals surface area contributed by atoms with Gasteiger partial charge in [0.2, 0.25) is 5.91 Å². The molecule has 0 saturated heterocycles. The molecular formula is C20H18N4O2S. The number of benzene rings is 2. The zero-order valence-corrected chi connectivity index (χ0v) is 15.5. The molecule has 6 nitrogen and oxygen atoms in total. The van der Waals surface area contributed by atoms with Crippen LogP contribution >= 0.6 is 11.8 Å². The highest BCUT2D eigenvalue weighted by atomic mass is 32.2. The van der Waals surface area contributed by atoms with Crippen molar-refractivity contribution in [2.75, 3.05) is 5.32 Å². The Bertz CT molecular complexity index is 1060. The second-order valence-corrected chi connectivity index (χ2v) is 7.44. The number of carbonyl (C=O) groups is 1. The number of anilines is 1. The Labute approximate surface area is 160 Å². The van der Waals surface area contributed by atoms with Crippen molar-refractivity contribution in [3.63, 3.8) is 0 Å². The van der Waals surface area contributed by atoms with Gasteiger partial charge in [0, 0.05) is 5.69 Å². The first-order chi connectivity index (χ1) is 13.2. The summed E-state index contributed by atoms with van der Waals surface area (Å²) in [4.78, 5) is 12.6. The number of hydrogen-bond donors (Lipinski definition) is 1. The summed E-state index contributed by atoms with van der Waals surface area (Å²) in [6.07, 6.45) is 3.27. The Kier molecular flexibility index (Phi) is 4.93. The fourth-order valence-corrected chi connectivity index (χ4v) is 3.56. The number of fused-ring (bicyclic) bond motifs is 1. The first-order valence-electron chi connectivity index (χ1n) is 8.55. The summed E-state index contributed by atoms with van der Waals surface area (Å²) in [5, 5.41) is 13.6. The number of carbonyl (C=O) groups excluding carboxylic acids is 1. The summed E-state index contributed by atoms with van der Waals surface area (Å²) in [7, 11) is 0. The largest absolute Gasteiger partial charge is 0.467 e. The first-order valence-corrected chi connectivity index (χ1v) is 9.43. The average molecular weight is 378 g/mol. The number of thioether (sulfide) groups is 1. The minimum absolute atomic E-state index is 0.0807. The van der Waals surface area contributed by atoms with Crippen LogP contribution in [0.25, 0.3) is 10.8 Å². The van der Waals surface area contributed by atoms with Crippen molar-refractivity contribution in [2.24, 2.45) is 0 Å². The smallest absolute Gasteiger partial charge is 0.237 e. The lowest BCUT2D eigenvalue weighted by molar-refractivity contribution is -0.115. The van der Waals surface area contributed by atoms with Crippen molar-refractivity contribution in [2.45, 2.75) is 23.9 Å². The SMILES string of the molecule is CC(Sc1nncn1Cc1ccco1)C(=O)Nc1ccc2ccccc2c1. The van der Waals surface area contributed by atoms with Gasteiger partial charge in [-0.3, -0.25) is 4.79 Å². The second kappa shape index (κ2) is 7.67. The van der Waals surface area contributed by atoms with E-state index in [4.69, 9.17) is 4.42 Å². The van der Waals surface area contributed by atoms with Gasteiger partial charge in [0.05, 0.1) is 18.1 Å². The monoisotopic (exact) mass is 378 g/mol. The number of aromatic nitrogens is 3. The molecule has 27 heavy (non-hydrogen) atoms. The molecule has 0 fully saturated rings. The molecule has 1 N–H and O–H groups in total. The van der Waals surface area contributed by atoms with Crippen LogP contribution < -0.4 is 5.32 Å². The van der Waals surface area contributed by atoms with E-state index in [1.807, 2.05) is 66.1 Å². The summed E-state index contributed by atoms with van der Waals surface area (Å²) < 4.78 is 7.23. The maximum Gasteiger partial charge on any atom is 0.237 e. The number of furan rings is 1. The standard InChI is InChI=1S/C20H18N4O2S/c1-14(27-20-23-21-13-24(20)12-18-7-4-10-26-18)19(25)22-17-9-8-15-5-2-3-6-16(15)11-17/h2-11,13-14H,12H2,1H3,(H,22,25). The highest BCUT2D eigenvalue weighted by molar-refractivity contribution is 8.00. The molecule has 2 aromatic heterocycles. The van der Waals surface area contributed by atoms with E-state index in [9.17, 15) is 4.79 Å². The minimum atomic E-state index is -0.323. The van der Waals surface area contributed by atoms with Gasteiger partial charge in [-0.1, -0.05) is 42.1 Å². The fraction of sp³-hybridized carbons (Fsp3) is 0.150. The number of rotatable bonds is 6. The molecule has 0 aliphatic rings. The van der Waals surface area contributed by atoms with Crippen LogP contribution in [0.5, 0.6) is 0 Å². The molecule has 0 saturated carbocycles. The third-order valence-electron chi connectivity index (χ3n) is 4.15. The van der Waals surface area contributed by atoms with Crippen molar-refractivity contribution in [3.05, 3.63) is 72.9 Å². The Morgan fingerprint density at radius 2 is 2.04 bits per heavy atom. The lowest BCUT2D eigenvalue weighted by atomic mass is 10.1. The van der Waals surface area contributed by atoms with Gasteiger partial charge >= 0.3 is 0 Å². The van der Waals surface area contributed by atoms with E-state index in [1.54, 1.807) is 12.6 Å². The van der Waals surface area contributed by atoms with Crippen molar-refractivity contribution < 1.29 is 9.21 Å². The number of nitrogens with zero attached hydrogens (tertiary/aromatic N) is 3. The summed E-state index contributed by atoms with van der Waals surface area (Å²) in [6, 6.07) is 17.7. The molecule has 0 spiro atoms. The molecule has 2 aromatic carbocycles. The van der Waals surface area contributed by atoms with Gasteiger partial charge < -0.3 is 14.3 Å². The Hall–Kier alpha value is -3.06. The third-order valence-corrected chi connectivity index (χ3v) is 5.25. The zero-order valence-electron chi connectivity index (χ0n) is 14.7. The van der Waals surface area contributed by atoms with Crippen LogP contribution in [0.1, 0.15) is 12.7 Å². The van der Waals surface area contributed by atoms with Gasteiger partial charge in [0.25, 0.3) is 0 Å².